The van der Waals surface area contributed by atoms with Crippen LogP contribution in [0.3, 0.4) is 0 Å². The molecule has 0 amide bonds. The molecule has 0 unspecified atom stereocenters. The zero-order valence-corrected chi connectivity index (χ0v) is 20.6. The highest BCUT2D eigenvalue weighted by Crippen LogP contribution is 2.39. The standard InChI is InChI=1S/C24H24ClF3N6O2/c1-33(2)23(24(26,27)28)32-21-18(13-35)30-22(31-20(21)14-4-6-17(25)7-5-14)15-8-9-36-19(10-15)16-11-29-34(3)12-16/h4-7,11-13,15,19H,8-10H2,1-3H3/t15-,19+/m1/s1. The van der Waals surface area contributed by atoms with E-state index in [1.165, 1.54) is 14.1 Å². The lowest BCUT2D eigenvalue weighted by Crippen LogP contribution is -2.36. The average molecular weight is 521 g/mol. The number of ether oxygens (including phenoxy) is 1. The van der Waals surface area contributed by atoms with Crippen molar-refractivity contribution < 1.29 is 22.7 Å². The number of amidine groups is 1. The lowest BCUT2D eigenvalue weighted by molar-refractivity contribution is -0.0667. The third-order valence-corrected chi connectivity index (χ3v) is 6.05. The Hall–Kier alpha value is -3.31. The van der Waals surface area contributed by atoms with Crippen LogP contribution in [0, 0.1) is 0 Å². The van der Waals surface area contributed by atoms with Gasteiger partial charge in [-0.05, 0) is 25.0 Å². The predicted octanol–water partition coefficient (Wildman–Crippen LogP) is 5.13. The summed E-state index contributed by atoms with van der Waals surface area (Å²) >= 11 is 6.02. The SMILES string of the molecule is CN(C)C(=Nc1c(C=O)nc([C@@H]2CCO[C@H](c3cnn(C)c3)C2)nc1-c1ccc(Cl)cc1)C(F)(F)F. The Kier molecular flexibility index (Phi) is 7.41. The molecule has 1 aliphatic rings. The van der Waals surface area contributed by atoms with Crippen LogP contribution >= 0.6 is 11.6 Å². The van der Waals surface area contributed by atoms with Crippen LogP contribution in [0.2, 0.25) is 5.02 Å². The number of rotatable bonds is 5. The quantitative estimate of drug-likeness (QED) is 0.263. The number of alkyl halides is 3. The molecule has 1 fully saturated rings. The Bertz CT molecular complexity index is 1270. The first-order valence-corrected chi connectivity index (χ1v) is 11.5. The minimum Gasteiger partial charge on any atom is -0.373 e. The topological polar surface area (TPSA) is 85.5 Å². The maximum absolute atomic E-state index is 13.7. The van der Waals surface area contributed by atoms with Crippen molar-refractivity contribution in [2.45, 2.75) is 31.0 Å². The van der Waals surface area contributed by atoms with E-state index in [1.807, 2.05) is 13.2 Å². The number of aromatic nitrogens is 4. The molecule has 0 N–H and O–H groups in total. The fourth-order valence-electron chi connectivity index (χ4n) is 4.07. The number of carbonyl (C=O) groups excluding carboxylic acids is 1. The average Bonchev–Trinajstić information content (AvgIpc) is 3.28. The van der Waals surface area contributed by atoms with Gasteiger partial charge in [0.25, 0.3) is 0 Å². The van der Waals surface area contributed by atoms with Crippen molar-refractivity contribution in [1.29, 1.82) is 0 Å². The van der Waals surface area contributed by atoms with Crippen LogP contribution < -0.4 is 0 Å². The van der Waals surface area contributed by atoms with E-state index < -0.39 is 12.0 Å². The largest absolute Gasteiger partial charge is 0.449 e. The summed E-state index contributed by atoms with van der Waals surface area (Å²) in [5, 5.41) is 4.63. The van der Waals surface area contributed by atoms with Gasteiger partial charge in [-0.25, -0.2) is 15.0 Å². The van der Waals surface area contributed by atoms with Gasteiger partial charge in [-0.3, -0.25) is 9.48 Å². The molecule has 0 aliphatic carbocycles. The molecule has 0 bridgehead atoms. The van der Waals surface area contributed by atoms with Gasteiger partial charge in [-0.15, -0.1) is 0 Å². The molecule has 3 heterocycles. The Balaban J connectivity index is 1.84. The van der Waals surface area contributed by atoms with Gasteiger partial charge in [0, 0.05) is 56.0 Å². The Morgan fingerprint density at radius 3 is 2.56 bits per heavy atom. The number of hydrogen-bond donors (Lipinski definition) is 0. The molecule has 1 aliphatic heterocycles. The van der Waals surface area contributed by atoms with Crippen LogP contribution in [-0.4, -0.2) is 63.6 Å². The number of nitrogens with zero attached hydrogens (tertiary/aromatic N) is 6. The van der Waals surface area contributed by atoms with Crippen molar-refractivity contribution >= 4 is 29.4 Å². The molecule has 2 aromatic heterocycles. The minimum atomic E-state index is -4.75. The summed E-state index contributed by atoms with van der Waals surface area (Å²) in [6.07, 6.45) is 0.107. The van der Waals surface area contributed by atoms with E-state index in [-0.39, 0.29) is 29.1 Å². The molecule has 0 radical (unpaired) electrons. The zero-order chi connectivity index (χ0) is 26.0. The molecule has 12 heteroatoms. The second kappa shape index (κ2) is 10.4. The normalized spacial score (nSPS) is 18.8. The molecule has 1 aromatic carbocycles. The highest BCUT2D eigenvalue weighted by Gasteiger charge is 2.38. The van der Waals surface area contributed by atoms with Crippen LogP contribution in [0.1, 0.15) is 46.7 Å². The highest BCUT2D eigenvalue weighted by molar-refractivity contribution is 6.30. The Morgan fingerprint density at radius 1 is 1.25 bits per heavy atom. The van der Waals surface area contributed by atoms with Gasteiger partial charge in [0.1, 0.15) is 22.9 Å². The van der Waals surface area contributed by atoms with Crippen LogP contribution in [0.4, 0.5) is 18.9 Å². The molecule has 36 heavy (non-hydrogen) atoms. The maximum atomic E-state index is 13.7. The maximum Gasteiger partial charge on any atom is 0.449 e. The van der Waals surface area contributed by atoms with E-state index in [2.05, 4.69) is 20.1 Å². The predicted molar refractivity (Wildman–Crippen MR) is 129 cm³/mol. The number of hydrogen-bond acceptors (Lipinski definition) is 6. The zero-order valence-electron chi connectivity index (χ0n) is 19.8. The van der Waals surface area contributed by atoms with Gasteiger partial charge < -0.3 is 9.64 Å². The second-order valence-electron chi connectivity index (χ2n) is 8.64. The third kappa shape index (κ3) is 5.57. The summed E-state index contributed by atoms with van der Waals surface area (Å²) in [5.41, 5.74) is 0.997. The van der Waals surface area contributed by atoms with Crippen molar-refractivity contribution in [2.75, 3.05) is 20.7 Å². The van der Waals surface area contributed by atoms with Gasteiger partial charge in [-0.2, -0.15) is 18.3 Å². The Morgan fingerprint density at radius 2 is 1.97 bits per heavy atom. The van der Waals surface area contributed by atoms with Crippen molar-refractivity contribution in [2.24, 2.45) is 12.0 Å². The van der Waals surface area contributed by atoms with Crippen molar-refractivity contribution in [1.82, 2.24) is 24.6 Å². The number of benzene rings is 1. The van der Waals surface area contributed by atoms with Crippen molar-refractivity contribution in [3.63, 3.8) is 0 Å². The number of halogens is 4. The van der Waals surface area contributed by atoms with Gasteiger partial charge >= 0.3 is 6.18 Å². The van der Waals surface area contributed by atoms with Gasteiger partial charge in [0.05, 0.1) is 12.3 Å². The second-order valence-corrected chi connectivity index (χ2v) is 9.08. The lowest BCUT2D eigenvalue weighted by atomic mass is 9.92. The first kappa shape index (κ1) is 25.8. The summed E-state index contributed by atoms with van der Waals surface area (Å²) in [4.78, 5) is 25.8. The summed E-state index contributed by atoms with van der Waals surface area (Å²) in [6, 6.07) is 6.42. The molecule has 2 atom stereocenters. The van der Waals surface area contributed by atoms with Crippen LogP contribution in [-0.2, 0) is 11.8 Å². The molecular weight excluding hydrogens is 497 g/mol. The van der Waals surface area contributed by atoms with Crippen molar-refractivity contribution in [3.05, 3.63) is 58.8 Å². The smallest absolute Gasteiger partial charge is 0.373 e. The van der Waals surface area contributed by atoms with E-state index in [9.17, 15) is 18.0 Å². The number of aliphatic imine (C=N–C) groups is 1. The van der Waals surface area contributed by atoms with Crippen LogP contribution in [0.5, 0.6) is 0 Å². The summed E-state index contributed by atoms with van der Waals surface area (Å²) in [5.74, 6) is -1.03. The van der Waals surface area contributed by atoms with E-state index in [4.69, 9.17) is 16.3 Å². The molecule has 0 saturated carbocycles. The molecule has 8 nitrogen and oxygen atoms in total. The minimum absolute atomic E-state index is 0.117. The molecule has 4 rings (SSSR count). The summed E-state index contributed by atoms with van der Waals surface area (Å²) in [7, 11) is 4.26. The van der Waals surface area contributed by atoms with E-state index in [1.54, 1.807) is 35.1 Å². The van der Waals surface area contributed by atoms with Crippen molar-refractivity contribution in [3.8, 4) is 11.3 Å². The first-order chi connectivity index (χ1) is 17.1. The fourth-order valence-corrected chi connectivity index (χ4v) is 4.19. The highest BCUT2D eigenvalue weighted by atomic mass is 35.5. The summed E-state index contributed by atoms with van der Waals surface area (Å²) < 4.78 is 48.7. The van der Waals surface area contributed by atoms with E-state index in [0.29, 0.717) is 42.1 Å². The van der Waals surface area contributed by atoms with E-state index in [0.717, 1.165) is 10.5 Å². The molecule has 1 saturated heterocycles. The monoisotopic (exact) mass is 520 g/mol. The molecular formula is C24H24ClF3N6O2. The van der Waals surface area contributed by atoms with Gasteiger partial charge in [0.15, 0.2) is 6.29 Å². The van der Waals surface area contributed by atoms with Crippen LogP contribution in [0.25, 0.3) is 11.3 Å². The molecule has 190 valence electrons. The molecule has 3 aromatic rings. The first-order valence-electron chi connectivity index (χ1n) is 11.1. The molecule has 0 spiro atoms. The fraction of sp³-hybridized carbons (Fsp3) is 0.375. The van der Waals surface area contributed by atoms with Gasteiger partial charge in [-0.1, -0.05) is 23.7 Å². The number of aryl methyl sites for hydroxylation is 1. The van der Waals surface area contributed by atoms with Gasteiger partial charge in [0.2, 0.25) is 5.84 Å². The number of aldehydes is 1. The van der Waals surface area contributed by atoms with E-state index >= 15 is 0 Å². The number of carbonyl (C=O) groups is 1. The summed E-state index contributed by atoms with van der Waals surface area (Å²) in [6.45, 7) is 0.430. The van der Waals surface area contributed by atoms with Crippen LogP contribution in [0.15, 0.2) is 41.7 Å². The third-order valence-electron chi connectivity index (χ3n) is 5.80. The Labute approximate surface area is 210 Å². The lowest BCUT2D eigenvalue weighted by Gasteiger charge is -2.28.